The van der Waals surface area contributed by atoms with Crippen LogP contribution in [-0.2, 0) is 9.59 Å². The molecule has 1 aliphatic rings. The van der Waals surface area contributed by atoms with Gasteiger partial charge in [0.15, 0.2) is 0 Å². The molecule has 1 heterocycles. The summed E-state index contributed by atoms with van der Waals surface area (Å²) in [4.78, 5) is 28.5. The molecule has 0 saturated carbocycles. The number of allylic oxidation sites excluding steroid dienone is 2. The fourth-order valence-electron chi connectivity index (χ4n) is 3.30. The Balaban J connectivity index is 1.49. The molecule has 2 aromatic carbocycles. The molecule has 0 bridgehead atoms. The van der Waals surface area contributed by atoms with Gasteiger partial charge in [-0.2, -0.15) is 0 Å². The first-order chi connectivity index (χ1) is 13.1. The van der Waals surface area contributed by atoms with E-state index in [2.05, 4.69) is 10.3 Å². The Morgan fingerprint density at radius 1 is 1.00 bits per heavy atom. The molecule has 2 N–H and O–H groups in total. The van der Waals surface area contributed by atoms with Crippen molar-refractivity contribution >= 4 is 39.1 Å². The highest BCUT2D eigenvalue weighted by molar-refractivity contribution is 7.21. The van der Waals surface area contributed by atoms with Crippen LogP contribution in [0, 0.1) is 11.8 Å². The van der Waals surface area contributed by atoms with Gasteiger partial charge < -0.3 is 10.4 Å². The number of carboxylic acid groups (broad SMARTS) is 1. The van der Waals surface area contributed by atoms with Gasteiger partial charge in [-0.15, -0.1) is 11.3 Å². The van der Waals surface area contributed by atoms with Crippen LogP contribution in [0.4, 0.5) is 5.69 Å². The summed E-state index contributed by atoms with van der Waals surface area (Å²) in [5.74, 6) is -2.39. The first-order valence-corrected chi connectivity index (χ1v) is 9.58. The molecule has 1 aromatic heterocycles. The Hall–Kier alpha value is -2.99. The van der Waals surface area contributed by atoms with Crippen LogP contribution < -0.4 is 5.32 Å². The van der Waals surface area contributed by atoms with Crippen LogP contribution in [0.5, 0.6) is 0 Å². The lowest BCUT2D eigenvalue weighted by atomic mass is 9.82. The monoisotopic (exact) mass is 378 g/mol. The van der Waals surface area contributed by atoms with E-state index in [-0.39, 0.29) is 5.91 Å². The third-order valence-corrected chi connectivity index (χ3v) is 5.87. The van der Waals surface area contributed by atoms with Crippen molar-refractivity contribution < 1.29 is 14.7 Å². The van der Waals surface area contributed by atoms with Crippen molar-refractivity contribution in [2.24, 2.45) is 11.8 Å². The number of benzene rings is 2. The highest BCUT2D eigenvalue weighted by Gasteiger charge is 2.33. The van der Waals surface area contributed by atoms with Gasteiger partial charge >= 0.3 is 5.97 Å². The van der Waals surface area contributed by atoms with Gasteiger partial charge in [0, 0.05) is 11.3 Å². The number of para-hydroxylation sites is 1. The van der Waals surface area contributed by atoms with E-state index in [1.807, 2.05) is 60.7 Å². The molecule has 0 spiro atoms. The maximum atomic E-state index is 12.5. The molecule has 5 nitrogen and oxygen atoms in total. The standard InChI is InChI=1S/C21H18N2O3S/c24-19(15-5-1-2-6-16(15)21(25)26)22-14-11-9-13(10-12-14)20-23-17-7-3-4-8-18(17)27-20/h1-4,7-12,15-16H,5-6H2,(H,22,24)(H,25,26)/t15-,16-/m0/s1. The minimum atomic E-state index is -0.925. The van der Waals surface area contributed by atoms with E-state index >= 15 is 0 Å². The molecule has 0 aliphatic heterocycles. The topological polar surface area (TPSA) is 79.3 Å². The van der Waals surface area contributed by atoms with E-state index in [1.54, 1.807) is 11.3 Å². The van der Waals surface area contributed by atoms with E-state index in [0.29, 0.717) is 18.5 Å². The van der Waals surface area contributed by atoms with Gasteiger partial charge in [-0.05, 0) is 49.2 Å². The number of hydrogen-bond acceptors (Lipinski definition) is 4. The van der Waals surface area contributed by atoms with Crippen LogP contribution in [0.2, 0.25) is 0 Å². The molecule has 0 radical (unpaired) electrons. The number of aromatic nitrogens is 1. The van der Waals surface area contributed by atoms with Crippen molar-refractivity contribution in [2.75, 3.05) is 5.32 Å². The van der Waals surface area contributed by atoms with Crippen molar-refractivity contribution in [1.82, 2.24) is 4.98 Å². The minimum absolute atomic E-state index is 0.250. The van der Waals surface area contributed by atoms with E-state index in [1.165, 1.54) is 0 Å². The number of anilines is 1. The number of thiazole rings is 1. The molecule has 0 saturated heterocycles. The highest BCUT2D eigenvalue weighted by Crippen LogP contribution is 2.31. The summed E-state index contributed by atoms with van der Waals surface area (Å²) >= 11 is 1.63. The van der Waals surface area contributed by atoms with Gasteiger partial charge in [0.25, 0.3) is 0 Å². The van der Waals surface area contributed by atoms with E-state index in [0.717, 1.165) is 20.8 Å². The number of fused-ring (bicyclic) bond motifs is 1. The fourth-order valence-corrected chi connectivity index (χ4v) is 4.27. The number of carbonyl (C=O) groups excluding carboxylic acids is 1. The Morgan fingerprint density at radius 2 is 1.70 bits per heavy atom. The number of rotatable bonds is 4. The SMILES string of the molecule is O=C(O)[C@H]1CC=CC[C@@H]1C(=O)Nc1ccc(-c2nc3ccccc3s2)cc1. The molecule has 27 heavy (non-hydrogen) atoms. The van der Waals surface area contributed by atoms with Crippen molar-refractivity contribution in [3.63, 3.8) is 0 Å². The molecule has 2 atom stereocenters. The molecule has 4 rings (SSSR count). The summed E-state index contributed by atoms with van der Waals surface area (Å²) in [7, 11) is 0. The lowest BCUT2D eigenvalue weighted by Gasteiger charge is -2.24. The molecular formula is C21H18N2O3S. The Bertz CT molecular complexity index is 990. The molecule has 1 amide bonds. The van der Waals surface area contributed by atoms with Crippen molar-refractivity contribution in [2.45, 2.75) is 12.8 Å². The zero-order valence-corrected chi connectivity index (χ0v) is 15.3. The van der Waals surface area contributed by atoms with E-state index < -0.39 is 17.8 Å². The van der Waals surface area contributed by atoms with Crippen LogP contribution in [0.3, 0.4) is 0 Å². The predicted molar refractivity (Wildman–Crippen MR) is 107 cm³/mol. The summed E-state index contributed by atoms with van der Waals surface area (Å²) in [5.41, 5.74) is 2.61. The van der Waals surface area contributed by atoms with Crippen LogP contribution in [-0.4, -0.2) is 22.0 Å². The average molecular weight is 378 g/mol. The van der Waals surface area contributed by atoms with Crippen LogP contribution in [0.25, 0.3) is 20.8 Å². The van der Waals surface area contributed by atoms with Crippen molar-refractivity contribution in [1.29, 1.82) is 0 Å². The number of aliphatic carboxylic acids is 1. The quantitative estimate of drug-likeness (QED) is 0.652. The summed E-state index contributed by atoms with van der Waals surface area (Å²) < 4.78 is 1.13. The third-order valence-electron chi connectivity index (χ3n) is 4.78. The number of hydrogen-bond donors (Lipinski definition) is 2. The van der Waals surface area contributed by atoms with Gasteiger partial charge in [-0.25, -0.2) is 4.98 Å². The van der Waals surface area contributed by atoms with E-state index in [9.17, 15) is 14.7 Å². The molecule has 6 heteroatoms. The summed E-state index contributed by atoms with van der Waals surface area (Å²) in [6.45, 7) is 0. The number of carbonyl (C=O) groups is 2. The van der Waals surface area contributed by atoms with Crippen molar-refractivity contribution in [3.05, 3.63) is 60.7 Å². The van der Waals surface area contributed by atoms with Gasteiger partial charge in [0.05, 0.1) is 22.1 Å². The first kappa shape index (κ1) is 17.4. The largest absolute Gasteiger partial charge is 0.481 e. The Labute approximate surface area is 160 Å². The van der Waals surface area contributed by atoms with Gasteiger partial charge in [0.2, 0.25) is 5.91 Å². The molecule has 136 valence electrons. The summed E-state index contributed by atoms with van der Waals surface area (Å²) in [5, 5.41) is 13.1. The normalized spacial score (nSPS) is 19.1. The second-order valence-electron chi connectivity index (χ2n) is 6.55. The number of carboxylic acids is 1. The van der Waals surface area contributed by atoms with Crippen LogP contribution >= 0.6 is 11.3 Å². The average Bonchev–Trinajstić information content (AvgIpc) is 3.12. The van der Waals surface area contributed by atoms with E-state index in [4.69, 9.17) is 0 Å². The predicted octanol–water partition coefficient (Wildman–Crippen LogP) is 4.57. The van der Waals surface area contributed by atoms with Gasteiger partial charge in [-0.1, -0.05) is 24.3 Å². The van der Waals surface area contributed by atoms with Crippen LogP contribution in [0.15, 0.2) is 60.7 Å². The maximum absolute atomic E-state index is 12.5. The molecular weight excluding hydrogens is 360 g/mol. The van der Waals surface area contributed by atoms with Crippen LogP contribution in [0.1, 0.15) is 12.8 Å². The van der Waals surface area contributed by atoms with Gasteiger partial charge in [0.1, 0.15) is 5.01 Å². The third kappa shape index (κ3) is 3.61. The number of amides is 1. The Morgan fingerprint density at radius 3 is 2.41 bits per heavy atom. The first-order valence-electron chi connectivity index (χ1n) is 8.76. The minimum Gasteiger partial charge on any atom is -0.481 e. The zero-order valence-electron chi connectivity index (χ0n) is 14.5. The smallest absolute Gasteiger partial charge is 0.307 e. The number of nitrogens with zero attached hydrogens (tertiary/aromatic N) is 1. The fraction of sp³-hybridized carbons (Fsp3) is 0.190. The molecule has 3 aromatic rings. The second-order valence-corrected chi connectivity index (χ2v) is 7.58. The summed E-state index contributed by atoms with van der Waals surface area (Å²) in [6, 6.07) is 15.5. The lowest BCUT2D eigenvalue weighted by molar-refractivity contribution is -0.146. The maximum Gasteiger partial charge on any atom is 0.307 e. The lowest BCUT2D eigenvalue weighted by Crippen LogP contribution is -2.34. The molecule has 0 unspecified atom stereocenters. The highest BCUT2D eigenvalue weighted by atomic mass is 32.1. The van der Waals surface area contributed by atoms with Crippen molar-refractivity contribution in [3.8, 4) is 10.6 Å². The number of nitrogens with one attached hydrogen (secondary N) is 1. The Kier molecular flexibility index (Phi) is 4.73. The molecule has 1 aliphatic carbocycles. The summed E-state index contributed by atoms with van der Waals surface area (Å²) in [6.07, 6.45) is 4.55. The zero-order chi connectivity index (χ0) is 18.8. The molecule has 0 fully saturated rings. The van der Waals surface area contributed by atoms with Gasteiger partial charge in [-0.3, -0.25) is 9.59 Å². The second kappa shape index (κ2) is 7.32.